The Kier molecular flexibility index (Phi) is 4.47. The average Bonchev–Trinajstić information content (AvgIpc) is 2.91. The van der Waals surface area contributed by atoms with Crippen molar-refractivity contribution in [3.05, 3.63) is 65.6 Å². The monoisotopic (exact) mass is 359 g/mol. The third kappa shape index (κ3) is 3.35. The first-order valence-electron chi connectivity index (χ1n) is 7.96. The van der Waals surface area contributed by atoms with Gasteiger partial charge in [0.1, 0.15) is 5.82 Å². The van der Waals surface area contributed by atoms with Crippen molar-refractivity contribution in [1.82, 2.24) is 4.57 Å². The summed E-state index contributed by atoms with van der Waals surface area (Å²) in [5.74, 6) is -0.661. The number of benzene rings is 2. The third-order valence-electron chi connectivity index (χ3n) is 4.08. The zero-order valence-electron chi connectivity index (χ0n) is 14.0. The molecule has 1 heterocycles. The molecule has 0 saturated carbocycles. The van der Waals surface area contributed by atoms with Crippen LogP contribution in [0.4, 0.5) is 4.39 Å². The summed E-state index contributed by atoms with van der Waals surface area (Å²) in [6.45, 7) is 2.01. The van der Waals surface area contributed by atoms with Crippen molar-refractivity contribution in [1.29, 1.82) is 0 Å². The molecule has 0 atom stereocenters. The Hall–Kier alpha value is -2.47. The molecule has 4 nitrogen and oxygen atoms in total. The van der Waals surface area contributed by atoms with Gasteiger partial charge in [-0.25, -0.2) is 12.8 Å². The summed E-state index contributed by atoms with van der Waals surface area (Å²) >= 11 is 0. The summed E-state index contributed by atoms with van der Waals surface area (Å²) in [6, 6.07) is 12.0. The Bertz CT molecular complexity index is 1050. The minimum Gasteiger partial charge on any atom is -0.280 e. The molecule has 0 spiro atoms. The number of fused-ring (bicyclic) bond motifs is 1. The van der Waals surface area contributed by atoms with Crippen molar-refractivity contribution in [3.8, 4) is 0 Å². The molecule has 0 bridgehead atoms. The minimum absolute atomic E-state index is 0.217. The van der Waals surface area contributed by atoms with Crippen LogP contribution in [0.2, 0.25) is 0 Å². The highest BCUT2D eigenvalue weighted by atomic mass is 32.2. The maximum Gasteiger partial charge on any atom is 0.262 e. The molecule has 3 aromatic rings. The number of hydrogen-bond donors (Lipinski definition) is 0. The number of halogens is 1. The van der Waals surface area contributed by atoms with Crippen LogP contribution in [-0.2, 0) is 16.3 Å². The lowest BCUT2D eigenvalue weighted by atomic mass is 10.2. The molecule has 0 unspecified atom stereocenters. The lowest BCUT2D eigenvalue weighted by Crippen LogP contribution is -2.14. The first kappa shape index (κ1) is 17.4. The number of nitrogens with zero attached hydrogens (tertiary/aromatic N) is 1. The molecule has 130 valence electrons. The number of rotatable bonds is 4. The zero-order chi connectivity index (χ0) is 18.2. The van der Waals surface area contributed by atoms with E-state index >= 15 is 0 Å². The second kappa shape index (κ2) is 6.44. The average molecular weight is 359 g/mol. The van der Waals surface area contributed by atoms with Crippen molar-refractivity contribution in [3.63, 3.8) is 0 Å². The third-order valence-corrected chi connectivity index (χ3v) is 5.19. The lowest BCUT2D eigenvalue weighted by Gasteiger charge is -2.09. The van der Waals surface area contributed by atoms with Gasteiger partial charge in [0.05, 0.1) is 10.4 Å². The highest BCUT2D eigenvalue weighted by Gasteiger charge is 2.18. The Morgan fingerprint density at radius 3 is 2.36 bits per heavy atom. The van der Waals surface area contributed by atoms with Crippen molar-refractivity contribution < 1.29 is 17.6 Å². The molecular weight excluding hydrogens is 341 g/mol. The van der Waals surface area contributed by atoms with Crippen LogP contribution < -0.4 is 0 Å². The topological polar surface area (TPSA) is 56.1 Å². The highest BCUT2D eigenvalue weighted by Crippen LogP contribution is 2.25. The largest absolute Gasteiger partial charge is 0.280 e. The van der Waals surface area contributed by atoms with Crippen LogP contribution in [0.5, 0.6) is 0 Å². The maximum atomic E-state index is 13.1. The van der Waals surface area contributed by atoms with Gasteiger partial charge in [0.25, 0.3) is 5.91 Å². The summed E-state index contributed by atoms with van der Waals surface area (Å²) in [7, 11) is -3.32. The van der Waals surface area contributed by atoms with Crippen molar-refractivity contribution in [2.45, 2.75) is 24.7 Å². The van der Waals surface area contributed by atoms with E-state index in [0.717, 1.165) is 18.4 Å². The van der Waals surface area contributed by atoms with Gasteiger partial charge >= 0.3 is 0 Å². The number of hydrogen-bond acceptors (Lipinski definition) is 3. The smallest absolute Gasteiger partial charge is 0.262 e. The van der Waals surface area contributed by atoms with Crippen LogP contribution in [-0.4, -0.2) is 25.1 Å². The molecule has 6 heteroatoms. The van der Waals surface area contributed by atoms with E-state index in [0.29, 0.717) is 22.9 Å². The Morgan fingerprint density at radius 1 is 1.08 bits per heavy atom. The Labute approximate surface area is 145 Å². The predicted molar refractivity (Wildman–Crippen MR) is 95.2 cm³/mol. The van der Waals surface area contributed by atoms with E-state index in [1.165, 1.54) is 30.3 Å². The molecule has 0 aliphatic carbocycles. The maximum absolute atomic E-state index is 13.1. The van der Waals surface area contributed by atoms with Gasteiger partial charge in [-0.2, -0.15) is 0 Å². The molecule has 0 N–H and O–H groups in total. The summed E-state index contributed by atoms with van der Waals surface area (Å²) in [5.41, 5.74) is 1.83. The van der Waals surface area contributed by atoms with Crippen molar-refractivity contribution in [2.24, 2.45) is 0 Å². The van der Waals surface area contributed by atoms with Gasteiger partial charge in [0, 0.05) is 22.9 Å². The van der Waals surface area contributed by atoms with E-state index < -0.39 is 15.7 Å². The molecule has 3 rings (SSSR count). The fourth-order valence-corrected chi connectivity index (χ4v) is 3.54. The molecule has 0 aliphatic rings. The van der Waals surface area contributed by atoms with Crippen molar-refractivity contribution >= 4 is 26.6 Å². The second-order valence-corrected chi connectivity index (χ2v) is 8.04. The van der Waals surface area contributed by atoms with Gasteiger partial charge in [-0.05, 0) is 55.0 Å². The summed E-state index contributed by atoms with van der Waals surface area (Å²) < 4.78 is 38.3. The molecule has 25 heavy (non-hydrogen) atoms. The summed E-state index contributed by atoms with van der Waals surface area (Å²) in [6.07, 6.45) is 2.67. The Morgan fingerprint density at radius 2 is 1.76 bits per heavy atom. The molecule has 0 radical (unpaired) electrons. The summed E-state index contributed by atoms with van der Waals surface area (Å²) in [5, 5.41) is 0.696. The number of sulfone groups is 1. The van der Waals surface area contributed by atoms with Gasteiger partial charge in [-0.1, -0.05) is 13.3 Å². The highest BCUT2D eigenvalue weighted by molar-refractivity contribution is 7.90. The predicted octanol–water partition coefficient (Wildman–Crippen LogP) is 3.82. The number of aromatic nitrogens is 1. The molecule has 0 fully saturated rings. The lowest BCUT2D eigenvalue weighted by molar-refractivity contribution is 0.0962. The van der Waals surface area contributed by atoms with E-state index in [2.05, 4.69) is 0 Å². The first-order chi connectivity index (χ1) is 11.8. The number of carbonyl (C=O) groups excluding carboxylic acids is 1. The van der Waals surface area contributed by atoms with Crippen LogP contribution in [0.3, 0.4) is 0 Å². The van der Waals surface area contributed by atoms with E-state index in [9.17, 15) is 17.6 Å². The van der Waals surface area contributed by atoms with E-state index in [4.69, 9.17) is 0 Å². The first-order valence-corrected chi connectivity index (χ1v) is 9.85. The van der Waals surface area contributed by atoms with Crippen LogP contribution in [0.15, 0.2) is 53.4 Å². The van der Waals surface area contributed by atoms with E-state index in [-0.39, 0.29) is 10.8 Å². The van der Waals surface area contributed by atoms with Crippen molar-refractivity contribution in [2.75, 3.05) is 6.26 Å². The Balaban J connectivity index is 2.19. The SMILES string of the molecule is CCCc1cc2cc(S(C)(=O)=O)ccc2n1C(=O)c1ccc(F)cc1. The molecule has 1 aromatic heterocycles. The van der Waals surface area contributed by atoms with E-state index in [1.54, 1.807) is 16.7 Å². The second-order valence-electron chi connectivity index (χ2n) is 6.03. The fourth-order valence-electron chi connectivity index (χ4n) is 2.88. The molecule has 0 aliphatic heterocycles. The van der Waals surface area contributed by atoms with Gasteiger partial charge < -0.3 is 0 Å². The molecule has 0 amide bonds. The van der Waals surface area contributed by atoms with Gasteiger partial charge in [0.15, 0.2) is 9.84 Å². The quantitative estimate of drug-likeness (QED) is 0.711. The standard InChI is InChI=1S/C19H18FNO3S/c1-3-4-16-11-14-12-17(25(2,23)24)9-10-18(14)21(16)19(22)13-5-7-15(20)8-6-13/h5-12H,3-4H2,1-2H3. The van der Waals surface area contributed by atoms with Crippen LogP contribution in [0.25, 0.3) is 10.9 Å². The van der Waals surface area contributed by atoms with Gasteiger partial charge in [-0.3, -0.25) is 9.36 Å². The number of carbonyl (C=O) groups is 1. The normalized spacial score (nSPS) is 11.8. The van der Waals surface area contributed by atoms with Crippen LogP contribution in [0.1, 0.15) is 29.4 Å². The molecular formula is C19H18FNO3S. The van der Waals surface area contributed by atoms with Gasteiger partial charge in [0.2, 0.25) is 0 Å². The zero-order valence-corrected chi connectivity index (χ0v) is 14.8. The summed E-state index contributed by atoms with van der Waals surface area (Å²) in [4.78, 5) is 13.1. The number of aryl methyl sites for hydroxylation is 1. The minimum atomic E-state index is -3.32. The van der Waals surface area contributed by atoms with E-state index in [1.807, 2.05) is 13.0 Å². The fraction of sp³-hybridized carbons (Fsp3) is 0.211. The van der Waals surface area contributed by atoms with Crippen LogP contribution in [0, 0.1) is 5.82 Å². The van der Waals surface area contributed by atoms with Crippen LogP contribution >= 0.6 is 0 Å². The van der Waals surface area contributed by atoms with Gasteiger partial charge in [-0.15, -0.1) is 0 Å². The molecule has 0 saturated heterocycles. The molecule has 2 aromatic carbocycles.